The van der Waals surface area contributed by atoms with Gasteiger partial charge in [-0.25, -0.2) is 0 Å². The first kappa shape index (κ1) is 23.9. The Morgan fingerprint density at radius 2 is 1.50 bits per heavy atom. The van der Waals surface area contributed by atoms with Crippen LogP contribution in [0.15, 0.2) is 97.1 Å². The smallest absolute Gasteiger partial charge is 0.258 e. The molecule has 1 unspecified atom stereocenters. The summed E-state index contributed by atoms with van der Waals surface area (Å²) in [5.41, 5.74) is 13.1. The summed E-state index contributed by atoms with van der Waals surface area (Å²) in [4.78, 5) is 31.0. The predicted molar refractivity (Wildman–Crippen MR) is 153 cm³/mol. The minimum Gasteiger partial charge on any atom is -0.363 e. The topological polar surface area (TPSA) is 78.7 Å². The molecule has 4 aromatic rings. The summed E-state index contributed by atoms with van der Waals surface area (Å²) in [7, 11) is 0. The number of aryl methyl sites for hydroxylation is 1. The quantitative estimate of drug-likeness (QED) is 0.387. The molecule has 0 bridgehead atoms. The Morgan fingerprint density at radius 1 is 0.816 bits per heavy atom. The Hall–Kier alpha value is -4.42. The molecule has 2 aliphatic rings. The van der Waals surface area contributed by atoms with E-state index in [1.165, 1.54) is 5.56 Å². The molecule has 6 nitrogen and oxygen atoms in total. The first-order valence-electron chi connectivity index (χ1n) is 13.0. The van der Waals surface area contributed by atoms with E-state index in [1.807, 2.05) is 78.6 Å². The molecule has 190 valence electrons. The number of hydrogen-bond acceptors (Lipinski definition) is 4. The molecule has 0 spiro atoms. The Morgan fingerprint density at radius 3 is 2.26 bits per heavy atom. The van der Waals surface area contributed by atoms with Crippen LogP contribution >= 0.6 is 0 Å². The van der Waals surface area contributed by atoms with Crippen molar-refractivity contribution >= 4 is 28.9 Å². The van der Waals surface area contributed by atoms with E-state index in [9.17, 15) is 9.59 Å². The number of benzene rings is 4. The van der Waals surface area contributed by atoms with Gasteiger partial charge in [0.1, 0.15) is 0 Å². The molecule has 0 saturated carbocycles. The number of rotatable bonds is 4. The summed E-state index contributed by atoms with van der Waals surface area (Å²) in [6.45, 7) is 3.46. The zero-order valence-corrected chi connectivity index (χ0v) is 21.3. The number of amides is 2. The van der Waals surface area contributed by atoms with Gasteiger partial charge in [0.05, 0.1) is 11.4 Å². The molecular weight excluding hydrogens is 472 g/mol. The summed E-state index contributed by atoms with van der Waals surface area (Å²) in [6, 6.07) is 31.2. The number of fused-ring (bicyclic) bond motifs is 3. The second kappa shape index (κ2) is 9.80. The Balaban J connectivity index is 1.21. The van der Waals surface area contributed by atoms with Crippen LogP contribution in [-0.2, 0) is 0 Å². The average Bonchev–Trinajstić information content (AvgIpc) is 3.33. The third kappa shape index (κ3) is 4.44. The van der Waals surface area contributed by atoms with Gasteiger partial charge in [-0.15, -0.1) is 0 Å². The van der Waals surface area contributed by atoms with Gasteiger partial charge in [-0.05, 0) is 66.9 Å². The molecule has 3 N–H and O–H groups in total. The molecule has 6 heteroatoms. The molecule has 0 aliphatic carbocycles. The van der Waals surface area contributed by atoms with Crippen molar-refractivity contribution < 1.29 is 9.59 Å². The summed E-state index contributed by atoms with van der Waals surface area (Å²) >= 11 is 0. The van der Waals surface area contributed by atoms with E-state index in [-0.39, 0.29) is 23.9 Å². The summed E-state index contributed by atoms with van der Waals surface area (Å²) < 4.78 is 0. The van der Waals surface area contributed by atoms with Crippen LogP contribution in [0.5, 0.6) is 0 Å². The highest BCUT2D eigenvalue weighted by Crippen LogP contribution is 2.39. The van der Waals surface area contributed by atoms with Crippen molar-refractivity contribution in [3.8, 4) is 11.1 Å². The van der Waals surface area contributed by atoms with Crippen molar-refractivity contribution in [2.24, 2.45) is 5.73 Å². The van der Waals surface area contributed by atoms with Gasteiger partial charge in [-0.1, -0.05) is 60.2 Å². The Bertz CT molecular complexity index is 1500. The lowest BCUT2D eigenvalue weighted by Gasteiger charge is -2.40. The van der Waals surface area contributed by atoms with Crippen LogP contribution in [0.25, 0.3) is 11.1 Å². The van der Waals surface area contributed by atoms with E-state index >= 15 is 0 Å². The maximum atomic E-state index is 13.6. The Labute approximate surface area is 222 Å². The standard InChI is InChI=1S/C32H30N4O2/c1-21-10-12-22(13-11-21)27-6-2-3-7-28(27)31(37)34-25-16-14-23(15-17-25)32(38)36-20-26-18-24(33)19-35(26)29-8-4-5-9-30(29)36/h2-17,24,26H,18-20,33H2,1H3,(H,34,37)/t24?,26-/m0/s1. The first-order valence-corrected chi connectivity index (χ1v) is 13.0. The number of carbonyl (C=O) groups is 2. The van der Waals surface area contributed by atoms with Crippen LogP contribution in [-0.4, -0.2) is 37.0 Å². The van der Waals surface area contributed by atoms with Gasteiger partial charge in [-0.2, -0.15) is 0 Å². The number of nitrogens with one attached hydrogen (secondary N) is 1. The molecular formula is C32H30N4O2. The lowest BCUT2D eigenvalue weighted by Crippen LogP contribution is -2.48. The van der Waals surface area contributed by atoms with Crippen LogP contribution in [0.3, 0.4) is 0 Å². The second-order valence-corrected chi connectivity index (χ2v) is 10.1. The molecule has 2 atom stereocenters. The fourth-order valence-corrected chi connectivity index (χ4v) is 5.57. The molecule has 2 heterocycles. The van der Waals surface area contributed by atoms with Crippen molar-refractivity contribution in [1.82, 2.24) is 0 Å². The van der Waals surface area contributed by atoms with Gasteiger partial charge in [0.2, 0.25) is 0 Å². The normalized spacial score (nSPS) is 18.1. The van der Waals surface area contributed by atoms with E-state index < -0.39 is 0 Å². The number of anilines is 3. The first-order chi connectivity index (χ1) is 18.5. The molecule has 38 heavy (non-hydrogen) atoms. The summed E-state index contributed by atoms with van der Waals surface area (Å²) in [6.07, 6.45) is 0.868. The van der Waals surface area contributed by atoms with Gasteiger partial charge in [0.25, 0.3) is 11.8 Å². The van der Waals surface area contributed by atoms with E-state index in [4.69, 9.17) is 5.73 Å². The minimum atomic E-state index is -0.192. The lowest BCUT2D eigenvalue weighted by molar-refractivity contribution is 0.0983. The fraction of sp³-hybridized carbons (Fsp3) is 0.188. The number of nitrogens with zero attached hydrogens (tertiary/aromatic N) is 2. The monoisotopic (exact) mass is 502 g/mol. The van der Waals surface area contributed by atoms with Gasteiger partial charge in [0.15, 0.2) is 0 Å². The minimum absolute atomic E-state index is 0.0554. The summed E-state index contributed by atoms with van der Waals surface area (Å²) in [5, 5.41) is 2.99. The highest BCUT2D eigenvalue weighted by molar-refractivity contribution is 6.10. The average molecular weight is 503 g/mol. The van der Waals surface area contributed by atoms with Crippen molar-refractivity contribution in [2.75, 3.05) is 28.2 Å². The third-order valence-corrected chi connectivity index (χ3v) is 7.49. The van der Waals surface area contributed by atoms with Crippen LogP contribution in [0, 0.1) is 6.92 Å². The molecule has 2 aliphatic heterocycles. The Kier molecular flexibility index (Phi) is 6.18. The molecule has 4 aromatic carbocycles. The van der Waals surface area contributed by atoms with Gasteiger partial charge in [-0.3, -0.25) is 9.59 Å². The van der Waals surface area contributed by atoms with Crippen LogP contribution in [0.1, 0.15) is 32.7 Å². The highest BCUT2D eigenvalue weighted by atomic mass is 16.2. The van der Waals surface area contributed by atoms with Gasteiger partial charge < -0.3 is 20.9 Å². The molecule has 0 radical (unpaired) electrons. The zero-order chi connectivity index (χ0) is 26.2. The maximum absolute atomic E-state index is 13.6. The van der Waals surface area contributed by atoms with E-state index in [0.29, 0.717) is 23.4 Å². The largest absolute Gasteiger partial charge is 0.363 e. The van der Waals surface area contributed by atoms with Crippen molar-refractivity contribution in [3.63, 3.8) is 0 Å². The molecule has 0 aromatic heterocycles. The van der Waals surface area contributed by atoms with Gasteiger partial charge >= 0.3 is 0 Å². The SMILES string of the molecule is Cc1ccc(-c2ccccc2C(=O)Nc2ccc(C(=O)N3C[C@@H]4CC(N)CN4c4ccccc43)cc2)cc1. The molecule has 1 fully saturated rings. The molecule has 6 rings (SSSR count). The fourth-order valence-electron chi connectivity index (χ4n) is 5.57. The van der Waals surface area contributed by atoms with Crippen molar-refractivity contribution in [3.05, 3.63) is 114 Å². The van der Waals surface area contributed by atoms with Crippen LogP contribution in [0.4, 0.5) is 17.1 Å². The van der Waals surface area contributed by atoms with Crippen LogP contribution < -0.4 is 20.9 Å². The lowest BCUT2D eigenvalue weighted by atomic mass is 9.98. The van der Waals surface area contributed by atoms with E-state index in [0.717, 1.165) is 35.5 Å². The highest BCUT2D eigenvalue weighted by Gasteiger charge is 2.39. The summed E-state index contributed by atoms with van der Waals surface area (Å²) in [5.74, 6) is -0.247. The number of carbonyl (C=O) groups excluding carboxylic acids is 2. The number of nitrogens with two attached hydrogens (primary N) is 1. The van der Waals surface area contributed by atoms with E-state index in [1.54, 1.807) is 24.3 Å². The predicted octanol–water partition coefficient (Wildman–Crippen LogP) is 5.48. The van der Waals surface area contributed by atoms with Crippen molar-refractivity contribution in [1.29, 1.82) is 0 Å². The molecule has 2 amide bonds. The zero-order valence-electron chi connectivity index (χ0n) is 21.3. The van der Waals surface area contributed by atoms with E-state index in [2.05, 4.69) is 16.3 Å². The second-order valence-electron chi connectivity index (χ2n) is 10.1. The van der Waals surface area contributed by atoms with Crippen LogP contribution in [0.2, 0.25) is 0 Å². The van der Waals surface area contributed by atoms with Gasteiger partial charge in [0, 0.05) is 42.0 Å². The van der Waals surface area contributed by atoms with Crippen molar-refractivity contribution in [2.45, 2.75) is 25.4 Å². The number of para-hydroxylation sites is 2. The molecule has 1 saturated heterocycles. The maximum Gasteiger partial charge on any atom is 0.258 e. The third-order valence-electron chi connectivity index (χ3n) is 7.49. The number of hydrogen-bond donors (Lipinski definition) is 2.